The third-order valence-corrected chi connectivity index (χ3v) is 5.86. The van der Waals surface area contributed by atoms with Gasteiger partial charge >= 0.3 is 0 Å². The summed E-state index contributed by atoms with van der Waals surface area (Å²) in [6, 6.07) is 10.6. The monoisotopic (exact) mass is 483 g/mol. The van der Waals surface area contributed by atoms with E-state index in [0.717, 1.165) is 25.2 Å². The van der Waals surface area contributed by atoms with Crippen LogP contribution >= 0.6 is 0 Å². The zero-order valence-electron chi connectivity index (χ0n) is 20.7. The van der Waals surface area contributed by atoms with E-state index in [9.17, 15) is 9.59 Å². The standard InChI is InChI=1S/C26H33N3O6/c1-32-21-8-6-20(7-9-21)26(31)27-11-12-28-13-15-29(16-14-28)24(30)10-5-19-17-22(33-2)25(35-4)23(18-19)34-3/h5-10,17-18H,11-16H2,1-4H3,(H,27,31)/b10-5+. The molecule has 0 aromatic heterocycles. The molecule has 1 aliphatic rings. The lowest BCUT2D eigenvalue weighted by molar-refractivity contribution is -0.127. The number of hydrogen-bond acceptors (Lipinski definition) is 7. The van der Waals surface area contributed by atoms with Crippen molar-refractivity contribution in [1.82, 2.24) is 15.1 Å². The Bertz CT molecular complexity index is 1000. The van der Waals surface area contributed by atoms with E-state index >= 15 is 0 Å². The molecule has 2 aromatic carbocycles. The van der Waals surface area contributed by atoms with Gasteiger partial charge in [0.2, 0.25) is 11.7 Å². The molecule has 2 amide bonds. The maximum absolute atomic E-state index is 12.7. The second-order valence-corrected chi connectivity index (χ2v) is 7.94. The lowest BCUT2D eigenvalue weighted by Crippen LogP contribution is -2.49. The summed E-state index contributed by atoms with van der Waals surface area (Å²) in [5.74, 6) is 2.13. The smallest absolute Gasteiger partial charge is 0.251 e. The number of nitrogens with one attached hydrogen (secondary N) is 1. The molecule has 0 radical (unpaired) electrons. The minimum Gasteiger partial charge on any atom is -0.497 e. The molecular weight excluding hydrogens is 450 g/mol. The van der Waals surface area contributed by atoms with Crippen LogP contribution in [0.15, 0.2) is 42.5 Å². The van der Waals surface area contributed by atoms with Crippen LogP contribution in [0, 0.1) is 0 Å². The minimum absolute atomic E-state index is 0.0498. The van der Waals surface area contributed by atoms with Crippen LogP contribution in [0.5, 0.6) is 23.0 Å². The fourth-order valence-electron chi connectivity index (χ4n) is 3.83. The summed E-state index contributed by atoms with van der Waals surface area (Å²) >= 11 is 0. The Kier molecular flexibility index (Phi) is 9.37. The van der Waals surface area contributed by atoms with Crippen LogP contribution in [-0.2, 0) is 4.79 Å². The van der Waals surface area contributed by atoms with Gasteiger partial charge in [-0.25, -0.2) is 0 Å². The minimum atomic E-state index is -0.113. The van der Waals surface area contributed by atoms with Crippen LogP contribution in [0.1, 0.15) is 15.9 Å². The van der Waals surface area contributed by atoms with Crippen molar-refractivity contribution in [1.29, 1.82) is 0 Å². The number of benzene rings is 2. The maximum atomic E-state index is 12.7. The number of methoxy groups -OCH3 is 4. The van der Waals surface area contributed by atoms with Gasteiger partial charge in [-0.1, -0.05) is 0 Å². The molecule has 9 nitrogen and oxygen atoms in total. The lowest BCUT2D eigenvalue weighted by Gasteiger charge is -2.34. The fourth-order valence-corrected chi connectivity index (χ4v) is 3.83. The van der Waals surface area contributed by atoms with Crippen LogP contribution in [0.3, 0.4) is 0 Å². The summed E-state index contributed by atoms with van der Waals surface area (Å²) < 4.78 is 21.2. The van der Waals surface area contributed by atoms with Crippen LogP contribution in [0.4, 0.5) is 0 Å². The molecule has 1 N–H and O–H groups in total. The number of carbonyl (C=O) groups excluding carboxylic acids is 2. The van der Waals surface area contributed by atoms with Gasteiger partial charge in [0, 0.05) is 50.9 Å². The number of carbonyl (C=O) groups is 2. The van der Waals surface area contributed by atoms with E-state index in [1.165, 1.54) is 0 Å². The third-order valence-electron chi connectivity index (χ3n) is 5.86. The molecule has 1 fully saturated rings. The van der Waals surface area contributed by atoms with Crippen molar-refractivity contribution in [3.63, 3.8) is 0 Å². The molecule has 0 atom stereocenters. The Balaban J connectivity index is 1.45. The summed E-state index contributed by atoms with van der Waals surface area (Å²) in [4.78, 5) is 29.0. The SMILES string of the molecule is COc1ccc(C(=O)NCCN2CCN(C(=O)/C=C/c3cc(OC)c(OC)c(OC)c3)CC2)cc1. The molecular formula is C26H33N3O6. The second kappa shape index (κ2) is 12.7. The molecule has 0 unspecified atom stereocenters. The first-order valence-corrected chi connectivity index (χ1v) is 11.4. The molecule has 0 bridgehead atoms. The Labute approximate surface area is 206 Å². The van der Waals surface area contributed by atoms with Crippen molar-refractivity contribution in [3.8, 4) is 23.0 Å². The van der Waals surface area contributed by atoms with E-state index in [4.69, 9.17) is 18.9 Å². The van der Waals surface area contributed by atoms with Crippen molar-refractivity contribution < 1.29 is 28.5 Å². The Morgan fingerprint density at radius 2 is 1.51 bits per heavy atom. The number of hydrogen-bond donors (Lipinski definition) is 1. The van der Waals surface area contributed by atoms with Crippen molar-refractivity contribution in [2.45, 2.75) is 0 Å². The molecule has 2 aromatic rings. The third kappa shape index (κ3) is 6.89. The van der Waals surface area contributed by atoms with Gasteiger partial charge in [-0.2, -0.15) is 0 Å². The van der Waals surface area contributed by atoms with Gasteiger partial charge in [-0.3, -0.25) is 14.5 Å². The van der Waals surface area contributed by atoms with Crippen molar-refractivity contribution >= 4 is 17.9 Å². The predicted octanol–water partition coefficient (Wildman–Crippen LogP) is 2.31. The first kappa shape index (κ1) is 25.9. The summed E-state index contributed by atoms with van der Waals surface area (Å²) in [7, 11) is 6.25. The molecule has 0 spiro atoms. The number of piperazine rings is 1. The van der Waals surface area contributed by atoms with Crippen molar-refractivity contribution in [3.05, 3.63) is 53.6 Å². The molecule has 0 saturated carbocycles. The lowest BCUT2D eigenvalue weighted by atomic mass is 10.1. The predicted molar refractivity (Wildman–Crippen MR) is 133 cm³/mol. The van der Waals surface area contributed by atoms with E-state index in [1.54, 1.807) is 77.0 Å². The van der Waals surface area contributed by atoms with Gasteiger partial charge < -0.3 is 29.2 Å². The summed E-state index contributed by atoms with van der Waals surface area (Å²) in [5, 5.41) is 2.94. The molecule has 3 rings (SSSR count). The number of amides is 2. The fraction of sp³-hybridized carbons (Fsp3) is 0.385. The van der Waals surface area contributed by atoms with Crippen LogP contribution < -0.4 is 24.3 Å². The van der Waals surface area contributed by atoms with E-state index in [0.29, 0.717) is 48.2 Å². The Hall–Kier alpha value is -3.72. The maximum Gasteiger partial charge on any atom is 0.251 e. The zero-order chi connectivity index (χ0) is 25.2. The molecule has 1 saturated heterocycles. The average Bonchev–Trinajstić information content (AvgIpc) is 2.91. The quantitative estimate of drug-likeness (QED) is 0.519. The second-order valence-electron chi connectivity index (χ2n) is 7.94. The largest absolute Gasteiger partial charge is 0.497 e. The van der Waals surface area contributed by atoms with Crippen LogP contribution in [-0.4, -0.2) is 89.3 Å². The number of ether oxygens (including phenoxy) is 4. The molecule has 0 aliphatic carbocycles. The van der Waals surface area contributed by atoms with Gasteiger partial charge in [0.1, 0.15) is 5.75 Å². The first-order chi connectivity index (χ1) is 17.0. The highest BCUT2D eigenvalue weighted by Crippen LogP contribution is 2.38. The molecule has 35 heavy (non-hydrogen) atoms. The Morgan fingerprint density at radius 1 is 0.886 bits per heavy atom. The molecule has 9 heteroatoms. The molecule has 188 valence electrons. The van der Waals surface area contributed by atoms with Crippen LogP contribution in [0.2, 0.25) is 0 Å². The van der Waals surface area contributed by atoms with Gasteiger partial charge in [0.15, 0.2) is 11.5 Å². The van der Waals surface area contributed by atoms with E-state index in [1.807, 2.05) is 4.90 Å². The number of nitrogens with zero attached hydrogens (tertiary/aromatic N) is 2. The van der Waals surface area contributed by atoms with Crippen LogP contribution in [0.25, 0.3) is 6.08 Å². The van der Waals surface area contributed by atoms with Crippen molar-refractivity contribution in [2.24, 2.45) is 0 Å². The van der Waals surface area contributed by atoms with Gasteiger partial charge in [0.05, 0.1) is 28.4 Å². The zero-order valence-corrected chi connectivity index (χ0v) is 20.7. The van der Waals surface area contributed by atoms with E-state index in [-0.39, 0.29) is 11.8 Å². The number of rotatable bonds is 10. The Morgan fingerprint density at radius 3 is 2.06 bits per heavy atom. The molecule has 1 aliphatic heterocycles. The van der Waals surface area contributed by atoms with Gasteiger partial charge in [0.25, 0.3) is 5.91 Å². The summed E-state index contributed by atoms with van der Waals surface area (Å²) in [6.45, 7) is 4.03. The molecule has 1 heterocycles. The van der Waals surface area contributed by atoms with Gasteiger partial charge in [-0.05, 0) is 48.0 Å². The normalized spacial score (nSPS) is 14.0. The topological polar surface area (TPSA) is 89.6 Å². The van der Waals surface area contributed by atoms with Crippen molar-refractivity contribution in [2.75, 3.05) is 67.7 Å². The summed E-state index contributed by atoms with van der Waals surface area (Å²) in [6.07, 6.45) is 3.30. The highest BCUT2D eigenvalue weighted by molar-refractivity contribution is 5.94. The van der Waals surface area contributed by atoms with Gasteiger partial charge in [-0.15, -0.1) is 0 Å². The summed E-state index contributed by atoms with van der Waals surface area (Å²) in [5.41, 5.74) is 1.37. The van der Waals surface area contributed by atoms with E-state index in [2.05, 4.69) is 10.2 Å². The highest BCUT2D eigenvalue weighted by Gasteiger charge is 2.20. The first-order valence-electron chi connectivity index (χ1n) is 11.4. The highest BCUT2D eigenvalue weighted by atomic mass is 16.5. The van der Waals surface area contributed by atoms with E-state index < -0.39 is 0 Å². The average molecular weight is 484 g/mol.